The molecular formula is C13H14BrNO3. The fraction of sp³-hybridized carbons (Fsp3) is 0.385. The van der Waals surface area contributed by atoms with Crippen LogP contribution in [0, 0.1) is 5.92 Å². The molecule has 96 valence electrons. The van der Waals surface area contributed by atoms with Crippen LogP contribution in [0.25, 0.3) is 0 Å². The molecule has 18 heavy (non-hydrogen) atoms. The number of carbonyl (C=O) groups excluding carboxylic acids is 1. The lowest BCUT2D eigenvalue weighted by Crippen LogP contribution is -2.21. The smallest absolute Gasteiger partial charge is 0.337 e. The van der Waals surface area contributed by atoms with Crippen molar-refractivity contribution < 1.29 is 14.7 Å². The molecule has 0 unspecified atom stereocenters. The third-order valence-corrected chi connectivity index (χ3v) is 3.68. The number of anilines is 1. The fourth-order valence-corrected chi connectivity index (χ4v) is 2.33. The normalized spacial score (nSPS) is 14.9. The van der Waals surface area contributed by atoms with E-state index in [-0.39, 0.29) is 11.5 Å². The highest BCUT2D eigenvalue weighted by molar-refractivity contribution is 9.10. The minimum absolute atomic E-state index is 0.111. The van der Waals surface area contributed by atoms with Gasteiger partial charge in [0.1, 0.15) is 0 Å². The van der Waals surface area contributed by atoms with Crippen LogP contribution in [0.2, 0.25) is 0 Å². The first-order chi connectivity index (χ1) is 8.56. The second kappa shape index (κ2) is 5.52. The van der Waals surface area contributed by atoms with Gasteiger partial charge in [0.15, 0.2) is 0 Å². The molecule has 1 aliphatic rings. The summed E-state index contributed by atoms with van der Waals surface area (Å²) in [6.07, 6.45) is 3.86. The molecule has 0 aromatic heterocycles. The molecule has 5 heteroatoms. The molecule has 1 fully saturated rings. The molecule has 1 aliphatic carbocycles. The van der Waals surface area contributed by atoms with E-state index < -0.39 is 5.97 Å². The maximum absolute atomic E-state index is 11.8. The summed E-state index contributed by atoms with van der Waals surface area (Å²) in [5, 5.41) is 11.7. The lowest BCUT2D eigenvalue weighted by Gasteiger charge is -2.24. The molecule has 1 aromatic rings. The lowest BCUT2D eigenvalue weighted by atomic mass is 9.83. The Hall–Kier alpha value is -1.36. The number of aromatic carboxylic acids is 1. The molecule has 1 aromatic carbocycles. The zero-order valence-corrected chi connectivity index (χ0v) is 11.4. The largest absolute Gasteiger partial charge is 0.478 e. The van der Waals surface area contributed by atoms with Crippen LogP contribution < -0.4 is 5.32 Å². The molecule has 0 aliphatic heterocycles. The van der Waals surface area contributed by atoms with Gasteiger partial charge in [-0.15, -0.1) is 0 Å². The van der Waals surface area contributed by atoms with Gasteiger partial charge in [0.2, 0.25) is 5.91 Å². The Morgan fingerprint density at radius 1 is 1.39 bits per heavy atom. The molecular weight excluding hydrogens is 298 g/mol. The summed E-state index contributed by atoms with van der Waals surface area (Å²) >= 11 is 3.27. The van der Waals surface area contributed by atoms with Crippen LogP contribution in [0.5, 0.6) is 0 Å². The van der Waals surface area contributed by atoms with E-state index >= 15 is 0 Å². The van der Waals surface area contributed by atoms with Crippen molar-refractivity contribution in [2.75, 3.05) is 5.32 Å². The first-order valence-corrected chi connectivity index (χ1v) is 6.68. The first kappa shape index (κ1) is 13.1. The first-order valence-electron chi connectivity index (χ1n) is 5.89. The zero-order valence-electron chi connectivity index (χ0n) is 9.78. The highest BCUT2D eigenvalue weighted by Crippen LogP contribution is 2.30. The fourth-order valence-electron chi connectivity index (χ4n) is 1.97. The Kier molecular flexibility index (Phi) is 4.01. The van der Waals surface area contributed by atoms with Crippen molar-refractivity contribution in [3.8, 4) is 0 Å². The van der Waals surface area contributed by atoms with Crippen molar-refractivity contribution >= 4 is 33.5 Å². The number of benzene rings is 1. The SMILES string of the molecule is O=C(CC1CCC1)Nc1cc(Br)ccc1C(=O)O. The summed E-state index contributed by atoms with van der Waals surface area (Å²) < 4.78 is 0.742. The van der Waals surface area contributed by atoms with Gasteiger partial charge in [-0.05, 0) is 37.0 Å². The number of nitrogens with one attached hydrogen (secondary N) is 1. The van der Waals surface area contributed by atoms with Gasteiger partial charge in [-0.1, -0.05) is 22.4 Å². The number of carbonyl (C=O) groups is 2. The van der Waals surface area contributed by atoms with Gasteiger partial charge >= 0.3 is 5.97 Å². The van der Waals surface area contributed by atoms with Crippen molar-refractivity contribution in [1.29, 1.82) is 0 Å². The van der Waals surface area contributed by atoms with E-state index in [1.807, 2.05) is 0 Å². The van der Waals surface area contributed by atoms with E-state index in [9.17, 15) is 9.59 Å². The Morgan fingerprint density at radius 2 is 2.11 bits per heavy atom. The molecule has 2 N–H and O–H groups in total. The van der Waals surface area contributed by atoms with Gasteiger partial charge in [-0.25, -0.2) is 4.79 Å². The van der Waals surface area contributed by atoms with Crippen molar-refractivity contribution in [2.45, 2.75) is 25.7 Å². The molecule has 2 rings (SSSR count). The minimum Gasteiger partial charge on any atom is -0.478 e. The van der Waals surface area contributed by atoms with Gasteiger partial charge in [0.25, 0.3) is 0 Å². The predicted octanol–water partition coefficient (Wildman–Crippen LogP) is 3.28. The average Bonchev–Trinajstić information content (AvgIpc) is 2.23. The van der Waals surface area contributed by atoms with E-state index in [1.54, 1.807) is 12.1 Å². The number of amides is 1. The van der Waals surface area contributed by atoms with Gasteiger partial charge < -0.3 is 10.4 Å². The van der Waals surface area contributed by atoms with Crippen LogP contribution in [0.1, 0.15) is 36.0 Å². The second-order valence-electron chi connectivity index (χ2n) is 4.54. The van der Waals surface area contributed by atoms with Crippen LogP contribution in [0.3, 0.4) is 0 Å². The van der Waals surface area contributed by atoms with E-state index in [2.05, 4.69) is 21.2 Å². The van der Waals surface area contributed by atoms with Gasteiger partial charge in [-0.2, -0.15) is 0 Å². The number of hydrogen-bond donors (Lipinski definition) is 2. The van der Waals surface area contributed by atoms with Crippen molar-refractivity contribution in [1.82, 2.24) is 0 Å². The number of hydrogen-bond acceptors (Lipinski definition) is 2. The summed E-state index contributed by atoms with van der Waals surface area (Å²) in [4.78, 5) is 22.8. The lowest BCUT2D eigenvalue weighted by molar-refractivity contribution is -0.117. The predicted molar refractivity (Wildman–Crippen MR) is 71.7 cm³/mol. The van der Waals surface area contributed by atoms with Gasteiger partial charge in [0.05, 0.1) is 11.3 Å². The Labute approximate surface area is 114 Å². The standard InChI is InChI=1S/C13H14BrNO3/c14-9-4-5-10(13(17)18)11(7-9)15-12(16)6-8-2-1-3-8/h4-5,7-8H,1-3,6H2,(H,15,16)(H,17,18). The monoisotopic (exact) mass is 311 g/mol. The van der Waals surface area contributed by atoms with Gasteiger partial charge in [0, 0.05) is 10.9 Å². The van der Waals surface area contributed by atoms with E-state index in [0.717, 1.165) is 17.3 Å². The third kappa shape index (κ3) is 3.10. The number of rotatable bonds is 4. The summed E-state index contributed by atoms with van der Waals surface area (Å²) in [7, 11) is 0. The topological polar surface area (TPSA) is 66.4 Å². The molecule has 0 atom stereocenters. The Bertz CT molecular complexity index is 483. The average molecular weight is 312 g/mol. The van der Waals surface area contributed by atoms with Crippen LogP contribution in [-0.2, 0) is 4.79 Å². The highest BCUT2D eigenvalue weighted by atomic mass is 79.9. The van der Waals surface area contributed by atoms with Crippen molar-refractivity contribution in [3.05, 3.63) is 28.2 Å². The summed E-state index contributed by atoms with van der Waals surface area (Å²) in [5.41, 5.74) is 0.460. The molecule has 0 spiro atoms. The summed E-state index contributed by atoms with van der Waals surface area (Å²) in [5.74, 6) is -0.688. The van der Waals surface area contributed by atoms with Crippen molar-refractivity contribution in [2.24, 2.45) is 5.92 Å². The van der Waals surface area contributed by atoms with E-state index in [1.165, 1.54) is 12.5 Å². The number of carboxylic acid groups (broad SMARTS) is 1. The van der Waals surface area contributed by atoms with E-state index in [0.29, 0.717) is 18.0 Å². The van der Waals surface area contributed by atoms with Crippen LogP contribution in [0.15, 0.2) is 22.7 Å². The number of carboxylic acids is 1. The minimum atomic E-state index is -1.04. The summed E-state index contributed by atoms with van der Waals surface area (Å²) in [6.45, 7) is 0. The third-order valence-electron chi connectivity index (χ3n) is 3.18. The second-order valence-corrected chi connectivity index (χ2v) is 5.46. The molecule has 1 amide bonds. The quantitative estimate of drug-likeness (QED) is 0.896. The molecule has 0 bridgehead atoms. The number of halogens is 1. The Morgan fingerprint density at radius 3 is 2.67 bits per heavy atom. The van der Waals surface area contributed by atoms with Crippen LogP contribution in [0.4, 0.5) is 5.69 Å². The molecule has 1 saturated carbocycles. The van der Waals surface area contributed by atoms with Crippen LogP contribution >= 0.6 is 15.9 Å². The Balaban J connectivity index is 2.08. The molecule has 4 nitrogen and oxygen atoms in total. The molecule has 0 saturated heterocycles. The van der Waals surface area contributed by atoms with Crippen LogP contribution in [-0.4, -0.2) is 17.0 Å². The maximum Gasteiger partial charge on any atom is 0.337 e. The molecule has 0 heterocycles. The van der Waals surface area contributed by atoms with Crippen molar-refractivity contribution in [3.63, 3.8) is 0 Å². The maximum atomic E-state index is 11.8. The highest BCUT2D eigenvalue weighted by Gasteiger charge is 2.21. The summed E-state index contributed by atoms with van der Waals surface area (Å²) in [6, 6.07) is 4.73. The molecule has 0 radical (unpaired) electrons. The van der Waals surface area contributed by atoms with Gasteiger partial charge in [-0.3, -0.25) is 4.79 Å². The van der Waals surface area contributed by atoms with E-state index in [4.69, 9.17) is 5.11 Å². The zero-order chi connectivity index (χ0) is 13.1.